The number of benzene rings is 1. The maximum absolute atomic E-state index is 14.1. The maximum Gasteiger partial charge on any atom is 0.296 e. The number of hydrogen-bond acceptors (Lipinski definition) is 10. The van der Waals surface area contributed by atoms with Crippen molar-refractivity contribution in [3.8, 4) is 5.95 Å². The van der Waals surface area contributed by atoms with E-state index in [1.165, 1.54) is 11.5 Å². The molecule has 0 amide bonds. The minimum atomic E-state index is -2.84. The van der Waals surface area contributed by atoms with Gasteiger partial charge in [-0.1, -0.05) is 12.1 Å². The van der Waals surface area contributed by atoms with Crippen molar-refractivity contribution in [3.63, 3.8) is 0 Å². The summed E-state index contributed by atoms with van der Waals surface area (Å²) in [5.41, 5.74) is 0.869. The van der Waals surface area contributed by atoms with Crippen LogP contribution in [-0.4, -0.2) is 94.4 Å². The molecule has 1 unspecified atom stereocenters. The first-order valence-electron chi connectivity index (χ1n) is 11.4. The molecule has 35 heavy (non-hydrogen) atoms. The number of piperazine rings is 1. The minimum absolute atomic E-state index is 0.0250. The van der Waals surface area contributed by atoms with E-state index in [1.54, 1.807) is 41.3 Å². The van der Waals surface area contributed by atoms with E-state index in [2.05, 4.69) is 19.9 Å². The van der Waals surface area contributed by atoms with Gasteiger partial charge in [0, 0.05) is 26.2 Å². The first-order valence-corrected chi connectivity index (χ1v) is 11.4. The van der Waals surface area contributed by atoms with E-state index in [4.69, 9.17) is 9.57 Å². The van der Waals surface area contributed by atoms with Gasteiger partial charge in [-0.3, -0.25) is 9.36 Å². The number of hydrogen-bond donors (Lipinski definition) is 0. The Bertz CT molecular complexity index is 1220. The summed E-state index contributed by atoms with van der Waals surface area (Å²) in [5, 5.41) is 1.70. The average Bonchev–Trinajstić information content (AvgIpc) is 3.29. The van der Waals surface area contributed by atoms with Crippen LogP contribution in [0.3, 0.4) is 0 Å². The van der Waals surface area contributed by atoms with Gasteiger partial charge < -0.3 is 19.4 Å². The highest BCUT2D eigenvalue weighted by Crippen LogP contribution is 2.29. The molecule has 2 fully saturated rings. The Hall–Kier alpha value is -3.29. The topological polar surface area (TPSA) is 102 Å². The van der Waals surface area contributed by atoms with Crippen LogP contribution >= 0.6 is 0 Å². The van der Waals surface area contributed by atoms with Crippen LogP contribution in [0.15, 0.2) is 24.3 Å². The number of Topliss-reactive ketones (excluding diaryl/α,β-unsaturated/α-hetero) is 1. The zero-order valence-electron chi connectivity index (χ0n) is 19.5. The molecule has 2 aliphatic heterocycles. The first kappa shape index (κ1) is 23.5. The number of nitrogens with zero attached hydrogens (tertiary/aromatic N) is 8. The number of para-hydroxylation sites is 2. The summed E-state index contributed by atoms with van der Waals surface area (Å²) < 4.78 is 34.8. The van der Waals surface area contributed by atoms with E-state index in [9.17, 15) is 13.6 Å². The van der Waals surface area contributed by atoms with Gasteiger partial charge in [0.1, 0.15) is 6.04 Å². The lowest BCUT2D eigenvalue weighted by molar-refractivity contribution is -0.147. The van der Waals surface area contributed by atoms with Crippen LogP contribution in [0, 0.1) is 0 Å². The summed E-state index contributed by atoms with van der Waals surface area (Å²) in [6.45, 7) is 4.84. The van der Waals surface area contributed by atoms with Crippen molar-refractivity contribution in [2.45, 2.75) is 19.4 Å². The lowest BCUT2D eigenvalue weighted by Gasteiger charge is -2.39. The maximum atomic E-state index is 14.1. The van der Waals surface area contributed by atoms with Gasteiger partial charge in [-0.2, -0.15) is 20.0 Å². The van der Waals surface area contributed by atoms with Crippen molar-refractivity contribution in [1.82, 2.24) is 29.6 Å². The molecular formula is C22H26F2N8O3. The van der Waals surface area contributed by atoms with Crippen LogP contribution < -0.4 is 9.80 Å². The van der Waals surface area contributed by atoms with E-state index < -0.39 is 18.3 Å². The first-order chi connectivity index (χ1) is 17.0. The van der Waals surface area contributed by atoms with Gasteiger partial charge in [-0.25, -0.2) is 13.8 Å². The normalized spacial score (nSPS) is 19.6. The quantitative estimate of drug-likeness (QED) is 0.509. The standard InChI is InChI=1S/C22H26F2N8O3/c1-14(33)17-13-30(34-2)7-8-31(17)21-26-20(29-9-11-35-12-10-29)27-22(28-21)32-16-6-4-3-5-15(16)25-19(32)18(23)24/h3-6,17-18H,7-13H2,1-2H3. The third kappa shape index (κ3) is 4.54. The highest BCUT2D eigenvalue weighted by Gasteiger charge is 2.34. The van der Waals surface area contributed by atoms with Crippen molar-refractivity contribution in [2.24, 2.45) is 0 Å². The Morgan fingerprint density at radius 2 is 1.74 bits per heavy atom. The molecule has 1 atom stereocenters. The summed E-state index contributed by atoms with van der Waals surface area (Å²) in [6.07, 6.45) is -2.84. The van der Waals surface area contributed by atoms with Gasteiger partial charge in [0.2, 0.25) is 17.8 Å². The molecule has 2 aromatic heterocycles. The van der Waals surface area contributed by atoms with Gasteiger partial charge in [0.15, 0.2) is 11.6 Å². The summed E-state index contributed by atoms with van der Waals surface area (Å²) in [5.74, 6) is 0.0664. The smallest absolute Gasteiger partial charge is 0.296 e. The van der Waals surface area contributed by atoms with Gasteiger partial charge in [-0.05, 0) is 19.1 Å². The number of imidazole rings is 1. The third-order valence-corrected chi connectivity index (χ3v) is 6.20. The molecule has 5 rings (SSSR count). The Morgan fingerprint density at radius 1 is 1.03 bits per heavy atom. The predicted octanol–water partition coefficient (Wildman–Crippen LogP) is 1.63. The highest BCUT2D eigenvalue weighted by molar-refractivity contribution is 5.85. The predicted molar refractivity (Wildman–Crippen MR) is 123 cm³/mol. The lowest BCUT2D eigenvalue weighted by atomic mass is 10.1. The number of rotatable bonds is 6. The molecule has 0 aliphatic carbocycles. The summed E-state index contributed by atoms with van der Waals surface area (Å²) in [6, 6.07) is 6.28. The molecule has 13 heteroatoms. The lowest BCUT2D eigenvalue weighted by Crippen LogP contribution is -2.56. The Kier molecular flexibility index (Phi) is 6.54. The highest BCUT2D eigenvalue weighted by atomic mass is 19.3. The molecule has 0 spiro atoms. The van der Waals surface area contributed by atoms with E-state index in [1.807, 2.05) is 4.90 Å². The fourth-order valence-corrected chi connectivity index (χ4v) is 4.39. The fourth-order valence-electron chi connectivity index (χ4n) is 4.39. The Morgan fingerprint density at radius 3 is 2.46 bits per heavy atom. The second kappa shape index (κ2) is 9.76. The van der Waals surface area contributed by atoms with E-state index in [-0.39, 0.29) is 17.7 Å². The minimum Gasteiger partial charge on any atom is -0.378 e. The Balaban J connectivity index is 1.67. The van der Waals surface area contributed by atoms with E-state index in [0.717, 1.165) is 0 Å². The van der Waals surface area contributed by atoms with Crippen molar-refractivity contribution in [3.05, 3.63) is 30.1 Å². The number of carbonyl (C=O) groups is 1. The van der Waals surface area contributed by atoms with Crippen molar-refractivity contribution >= 4 is 28.7 Å². The van der Waals surface area contributed by atoms with Crippen molar-refractivity contribution < 1.29 is 23.1 Å². The van der Waals surface area contributed by atoms with E-state index >= 15 is 0 Å². The molecule has 2 saturated heterocycles. The SMILES string of the molecule is CON1CCN(c2nc(N3CCOCC3)nc(-n3c(C(F)F)nc4ccccc43)n2)C(C(C)=O)C1. The number of carbonyl (C=O) groups excluding carboxylic acids is 1. The molecule has 0 bridgehead atoms. The Labute approximate surface area is 200 Å². The van der Waals surface area contributed by atoms with Crippen LogP contribution in [0.5, 0.6) is 0 Å². The molecule has 0 saturated carbocycles. The average molecular weight is 488 g/mol. The van der Waals surface area contributed by atoms with E-state index in [0.29, 0.717) is 62.9 Å². The molecule has 1 aromatic carbocycles. The van der Waals surface area contributed by atoms with Crippen LogP contribution in [0.25, 0.3) is 17.0 Å². The molecule has 186 valence electrons. The number of ether oxygens (including phenoxy) is 1. The number of halogens is 2. The number of ketones is 1. The molecule has 11 nitrogen and oxygen atoms in total. The molecular weight excluding hydrogens is 462 g/mol. The molecule has 0 radical (unpaired) electrons. The number of alkyl halides is 2. The van der Waals surface area contributed by atoms with Crippen molar-refractivity contribution in [2.75, 3.05) is 62.8 Å². The monoisotopic (exact) mass is 488 g/mol. The van der Waals surface area contributed by atoms with Crippen LogP contribution in [0.2, 0.25) is 0 Å². The number of anilines is 2. The van der Waals surface area contributed by atoms with Gasteiger partial charge in [-0.15, -0.1) is 0 Å². The number of hydroxylamine groups is 2. The molecule has 2 aliphatic rings. The molecule has 4 heterocycles. The molecule has 3 aromatic rings. The largest absolute Gasteiger partial charge is 0.378 e. The molecule has 0 N–H and O–H groups in total. The zero-order valence-corrected chi connectivity index (χ0v) is 19.5. The zero-order chi connectivity index (χ0) is 24.5. The second-order valence-corrected chi connectivity index (χ2v) is 8.32. The van der Waals surface area contributed by atoms with Gasteiger partial charge in [0.05, 0.1) is 37.9 Å². The third-order valence-electron chi connectivity index (χ3n) is 6.20. The summed E-state index contributed by atoms with van der Waals surface area (Å²) in [4.78, 5) is 39.5. The second-order valence-electron chi connectivity index (χ2n) is 8.32. The summed E-state index contributed by atoms with van der Waals surface area (Å²) in [7, 11) is 1.56. The number of fused-ring (bicyclic) bond motifs is 1. The van der Waals surface area contributed by atoms with Crippen LogP contribution in [0.1, 0.15) is 19.2 Å². The fraction of sp³-hybridized carbons (Fsp3) is 0.500. The van der Waals surface area contributed by atoms with Crippen LogP contribution in [0.4, 0.5) is 20.7 Å². The van der Waals surface area contributed by atoms with Gasteiger partial charge >= 0.3 is 0 Å². The van der Waals surface area contributed by atoms with Crippen molar-refractivity contribution in [1.29, 1.82) is 0 Å². The van der Waals surface area contributed by atoms with Crippen LogP contribution in [-0.2, 0) is 14.4 Å². The van der Waals surface area contributed by atoms with Gasteiger partial charge in [0.25, 0.3) is 6.43 Å². The summed E-state index contributed by atoms with van der Waals surface area (Å²) >= 11 is 0. The number of morpholine rings is 1. The number of aromatic nitrogens is 5.